The van der Waals surface area contributed by atoms with Gasteiger partial charge in [0.05, 0.1) is 11.2 Å². The van der Waals surface area contributed by atoms with Gasteiger partial charge in [0, 0.05) is 0 Å². The Hall–Kier alpha value is -2.55. The van der Waals surface area contributed by atoms with Gasteiger partial charge in [0.2, 0.25) is 0 Å². The predicted molar refractivity (Wildman–Crippen MR) is 157 cm³/mol. The van der Waals surface area contributed by atoms with Crippen LogP contribution in [0.1, 0.15) is 27.7 Å². The van der Waals surface area contributed by atoms with Gasteiger partial charge in [-0.2, -0.15) is 0 Å². The van der Waals surface area contributed by atoms with Crippen LogP contribution in [-0.2, 0) is 9.31 Å². The summed E-state index contributed by atoms with van der Waals surface area (Å²) in [5.74, 6) is 0. The van der Waals surface area contributed by atoms with Crippen molar-refractivity contribution in [1.29, 1.82) is 0 Å². The molecule has 0 aromatic heterocycles. The fourth-order valence-corrected chi connectivity index (χ4v) is 4.74. The Balaban J connectivity index is 1.66. The Morgan fingerprint density at radius 3 is 1.67 bits per heavy atom. The summed E-state index contributed by atoms with van der Waals surface area (Å²) in [6.07, 6.45) is 0. The second-order valence-electron chi connectivity index (χ2n) is 10.4. The van der Waals surface area contributed by atoms with Crippen molar-refractivity contribution in [2.75, 3.05) is 0 Å². The molecule has 1 heterocycles. The topological polar surface area (TPSA) is 18.5 Å². The molecular formula is C28H22B6O2. The maximum atomic E-state index is 6.39. The highest BCUT2D eigenvalue weighted by Crippen LogP contribution is 2.37. The van der Waals surface area contributed by atoms with E-state index in [0.717, 1.165) is 32.9 Å². The number of hydrogen-bond acceptors (Lipinski definition) is 2. The molecule has 0 aliphatic carbocycles. The second-order valence-corrected chi connectivity index (χ2v) is 10.4. The SMILES string of the molecule is [B]c1c([B])c([B])c(-c2ccc(-c3cccc(B4OC(C)(C)C(C)(C)O4)c3)c3ccccc23)c([B])c1[B]. The van der Waals surface area contributed by atoms with Crippen molar-refractivity contribution < 1.29 is 9.31 Å². The molecule has 4 aromatic rings. The van der Waals surface area contributed by atoms with Gasteiger partial charge in [0.25, 0.3) is 0 Å². The lowest BCUT2D eigenvalue weighted by Gasteiger charge is -2.32. The number of hydrogen-bond donors (Lipinski definition) is 0. The van der Waals surface area contributed by atoms with E-state index in [9.17, 15) is 0 Å². The van der Waals surface area contributed by atoms with E-state index in [4.69, 9.17) is 48.5 Å². The molecule has 1 aliphatic rings. The average molecular weight is 455 g/mol. The van der Waals surface area contributed by atoms with Crippen LogP contribution in [0.2, 0.25) is 0 Å². The molecule has 0 saturated carbocycles. The van der Waals surface area contributed by atoms with Gasteiger partial charge in [0.15, 0.2) is 0 Å². The van der Waals surface area contributed by atoms with E-state index < -0.39 is 18.3 Å². The van der Waals surface area contributed by atoms with Gasteiger partial charge >= 0.3 is 7.12 Å². The average Bonchev–Trinajstić information content (AvgIpc) is 3.08. The predicted octanol–water partition coefficient (Wildman–Crippen LogP) is 0.442. The molecule has 164 valence electrons. The molecule has 1 aliphatic heterocycles. The summed E-state index contributed by atoms with van der Waals surface area (Å²) in [5.41, 5.74) is 4.98. The van der Waals surface area contributed by atoms with Gasteiger partial charge < -0.3 is 9.31 Å². The van der Waals surface area contributed by atoms with Crippen molar-refractivity contribution in [3.8, 4) is 22.3 Å². The van der Waals surface area contributed by atoms with E-state index in [1.54, 1.807) is 0 Å². The van der Waals surface area contributed by atoms with Gasteiger partial charge in [-0.05, 0) is 66.2 Å². The molecule has 2 nitrogen and oxygen atoms in total. The Kier molecular flexibility index (Phi) is 6.13. The van der Waals surface area contributed by atoms with Crippen LogP contribution in [0.15, 0.2) is 60.7 Å². The first-order valence-electron chi connectivity index (χ1n) is 11.9. The molecule has 1 fully saturated rings. The largest absolute Gasteiger partial charge is 0.494 e. The van der Waals surface area contributed by atoms with Crippen LogP contribution in [-0.4, -0.2) is 57.6 Å². The summed E-state index contributed by atoms with van der Waals surface area (Å²) >= 11 is 0. The minimum Gasteiger partial charge on any atom is -0.399 e. The maximum absolute atomic E-state index is 6.39. The van der Waals surface area contributed by atoms with E-state index in [1.807, 2.05) is 36.4 Å². The van der Waals surface area contributed by atoms with Crippen molar-refractivity contribution in [1.82, 2.24) is 0 Å². The molecule has 0 N–H and O–H groups in total. The van der Waals surface area contributed by atoms with Crippen LogP contribution in [0.25, 0.3) is 33.0 Å². The monoisotopic (exact) mass is 456 g/mol. The lowest BCUT2D eigenvalue weighted by atomic mass is 9.59. The Bertz CT molecular complexity index is 1470. The molecule has 8 heteroatoms. The first kappa shape index (κ1) is 25.1. The Morgan fingerprint density at radius 2 is 1.08 bits per heavy atom. The van der Waals surface area contributed by atoms with Crippen LogP contribution in [0.5, 0.6) is 0 Å². The van der Waals surface area contributed by atoms with Crippen molar-refractivity contribution in [2.24, 2.45) is 0 Å². The van der Waals surface area contributed by atoms with E-state index in [0.29, 0.717) is 16.5 Å². The Labute approximate surface area is 220 Å². The fourth-order valence-electron chi connectivity index (χ4n) is 4.74. The minimum absolute atomic E-state index is 0.203. The molecule has 10 radical (unpaired) electrons. The molecule has 1 saturated heterocycles. The summed E-state index contributed by atoms with van der Waals surface area (Å²) in [5, 5.41) is 2.01. The lowest BCUT2D eigenvalue weighted by molar-refractivity contribution is 0.00578. The molecule has 0 atom stereocenters. The molecule has 36 heavy (non-hydrogen) atoms. The summed E-state index contributed by atoms with van der Waals surface area (Å²) in [6, 6.07) is 20.4. The van der Waals surface area contributed by atoms with Crippen LogP contribution < -0.4 is 32.8 Å². The summed E-state index contributed by atoms with van der Waals surface area (Å²) in [4.78, 5) is 0. The maximum Gasteiger partial charge on any atom is 0.494 e. The van der Waals surface area contributed by atoms with Crippen molar-refractivity contribution in [2.45, 2.75) is 38.9 Å². The quantitative estimate of drug-likeness (QED) is 0.418. The number of fused-ring (bicyclic) bond motifs is 1. The number of rotatable bonds is 3. The van der Waals surface area contributed by atoms with Crippen molar-refractivity contribution in [3.05, 3.63) is 60.7 Å². The third-order valence-corrected chi connectivity index (χ3v) is 7.62. The van der Waals surface area contributed by atoms with E-state index in [2.05, 4.69) is 52.0 Å². The first-order chi connectivity index (χ1) is 16.9. The van der Waals surface area contributed by atoms with Crippen LogP contribution in [0.4, 0.5) is 0 Å². The van der Waals surface area contributed by atoms with Crippen molar-refractivity contribution >= 4 is 89.9 Å². The zero-order chi connectivity index (χ0) is 26.0. The summed E-state index contributed by atoms with van der Waals surface area (Å²) in [7, 11) is 30.7. The molecule has 5 rings (SSSR count). The van der Waals surface area contributed by atoms with Crippen LogP contribution >= 0.6 is 0 Å². The van der Waals surface area contributed by atoms with E-state index in [1.165, 1.54) is 0 Å². The third-order valence-electron chi connectivity index (χ3n) is 7.62. The highest BCUT2D eigenvalue weighted by Gasteiger charge is 2.51. The van der Waals surface area contributed by atoms with Gasteiger partial charge in [-0.1, -0.05) is 71.6 Å². The van der Waals surface area contributed by atoms with Gasteiger partial charge in [-0.25, -0.2) is 0 Å². The van der Waals surface area contributed by atoms with Crippen LogP contribution in [0.3, 0.4) is 0 Å². The molecular weight excluding hydrogens is 433 g/mol. The standard InChI is InChI=1S/C28H22B6O2/c1-27(2)28(3,4)36-34(35-27)16-9-7-8-15(14-16)17-12-13-20(19-11-6-5-10-18(17)19)21-22(29)24(31)26(33)25(32)23(21)30/h5-14H,1-4H3. The normalized spacial score (nSPS) is 16.5. The highest BCUT2D eigenvalue weighted by molar-refractivity contribution is 6.69. The minimum atomic E-state index is -0.444. The fraction of sp³-hybridized carbons (Fsp3) is 0.214. The third kappa shape index (κ3) is 3.90. The highest BCUT2D eigenvalue weighted by atomic mass is 16.7. The molecule has 0 bridgehead atoms. The van der Waals surface area contributed by atoms with Gasteiger partial charge in [-0.15, -0.1) is 16.4 Å². The van der Waals surface area contributed by atoms with Gasteiger partial charge in [0.1, 0.15) is 39.2 Å². The van der Waals surface area contributed by atoms with Gasteiger partial charge in [-0.3, -0.25) is 0 Å². The zero-order valence-electron chi connectivity index (χ0n) is 21.1. The van der Waals surface area contributed by atoms with Crippen LogP contribution in [0, 0.1) is 0 Å². The molecule has 0 spiro atoms. The molecule has 0 unspecified atom stereocenters. The molecule has 0 amide bonds. The summed E-state index contributed by atoms with van der Waals surface area (Å²) in [6.45, 7) is 8.21. The Morgan fingerprint density at radius 1 is 0.583 bits per heavy atom. The zero-order valence-corrected chi connectivity index (χ0v) is 21.1. The van der Waals surface area contributed by atoms with Crippen molar-refractivity contribution in [3.63, 3.8) is 0 Å². The second kappa shape index (κ2) is 8.78. The summed E-state index contributed by atoms with van der Waals surface area (Å²) < 4.78 is 12.6. The smallest absolute Gasteiger partial charge is 0.399 e. The first-order valence-corrected chi connectivity index (χ1v) is 11.9. The van der Waals surface area contributed by atoms with E-state index in [-0.39, 0.29) is 16.4 Å². The van der Waals surface area contributed by atoms with E-state index >= 15 is 0 Å². The number of benzene rings is 4. The lowest BCUT2D eigenvalue weighted by Crippen LogP contribution is -2.55. The molecule has 4 aromatic carbocycles.